The van der Waals surface area contributed by atoms with Crippen LogP contribution in [0.5, 0.6) is 5.75 Å². The standard InChI is InChI=1S/C25H24N2O3/c1-18-6-3-4-8-20(18)16-27(15-19-7-5-11-26-14-19)25(28)12-21-17-30-24-13-22(29-2)9-10-23(21)24/h3-11,13-14,17H,12,15-16H2,1-2H3. The van der Waals surface area contributed by atoms with E-state index in [1.54, 1.807) is 25.8 Å². The van der Waals surface area contributed by atoms with Crippen molar-refractivity contribution in [1.29, 1.82) is 0 Å². The van der Waals surface area contributed by atoms with Crippen LogP contribution in [0.15, 0.2) is 77.7 Å². The second kappa shape index (κ2) is 8.82. The van der Waals surface area contributed by atoms with Crippen molar-refractivity contribution < 1.29 is 13.9 Å². The summed E-state index contributed by atoms with van der Waals surface area (Å²) >= 11 is 0. The van der Waals surface area contributed by atoms with Gasteiger partial charge in [-0.3, -0.25) is 9.78 Å². The summed E-state index contributed by atoms with van der Waals surface area (Å²) in [4.78, 5) is 19.4. The lowest BCUT2D eigenvalue weighted by Gasteiger charge is -2.24. The predicted molar refractivity (Wildman–Crippen MR) is 116 cm³/mol. The summed E-state index contributed by atoms with van der Waals surface area (Å²) in [7, 11) is 1.62. The number of carbonyl (C=O) groups is 1. The Kier molecular flexibility index (Phi) is 5.80. The van der Waals surface area contributed by atoms with Crippen LogP contribution < -0.4 is 4.74 Å². The zero-order valence-electron chi connectivity index (χ0n) is 17.2. The Morgan fingerprint density at radius 1 is 1.07 bits per heavy atom. The van der Waals surface area contributed by atoms with E-state index < -0.39 is 0 Å². The van der Waals surface area contributed by atoms with Crippen LogP contribution >= 0.6 is 0 Å². The topological polar surface area (TPSA) is 55.6 Å². The van der Waals surface area contributed by atoms with Crippen LogP contribution in [-0.2, 0) is 24.3 Å². The normalized spacial score (nSPS) is 10.9. The predicted octanol–water partition coefficient (Wildman–Crippen LogP) is 4.92. The molecule has 0 saturated heterocycles. The molecule has 0 radical (unpaired) electrons. The van der Waals surface area contributed by atoms with Gasteiger partial charge in [-0.1, -0.05) is 30.3 Å². The van der Waals surface area contributed by atoms with Crippen LogP contribution in [0.2, 0.25) is 0 Å². The van der Waals surface area contributed by atoms with Crippen molar-refractivity contribution in [3.05, 3.63) is 95.5 Å². The number of carbonyl (C=O) groups excluding carboxylic acids is 1. The van der Waals surface area contributed by atoms with E-state index in [9.17, 15) is 4.79 Å². The highest BCUT2D eigenvalue weighted by atomic mass is 16.5. The van der Waals surface area contributed by atoms with Gasteiger partial charge < -0.3 is 14.1 Å². The van der Waals surface area contributed by atoms with E-state index in [1.807, 2.05) is 47.4 Å². The molecule has 0 aliphatic carbocycles. The summed E-state index contributed by atoms with van der Waals surface area (Å²) in [6, 6.07) is 17.7. The molecule has 0 saturated carbocycles. The highest BCUT2D eigenvalue weighted by Gasteiger charge is 2.19. The summed E-state index contributed by atoms with van der Waals surface area (Å²) in [6.45, 7) is 3.12. The van der Waals surface area contributed by atoms with E-state index in [0.717, 1.165) is 33.4 Å². The number of aromatic nitrogens is 1. The van der Waals surface area contributed by atoms with Gasteiger partial charge in [0.15, 0.2) is 0 Å². The minimum atomic E-state index is 0.0422. The summed E-state index contributed by atoms with van der Waals surface area (Å²) < 4.78 is 10.9. The van der Waals surface area contributed by atoms with Crippen LogP contribution in [-0.4, -0.2) is 22.9 Å². The van der Waals surface area contributed by atoms with E-state index in [2.05, 4.69) is 24.0 Å². The lowest BCUT2D eigenvalue weighted by molar-refractivity contribution is -0.131. The van der Waals surface area contributed by atoms with Crippen molar-refractivity contribution in [3.8, 4) is 5.75 Å². The number of hydrogen-bond acceptors (Lipinski definition) is 4. The third-order valence-corrected chi connectivity index (χ3v) is 5.28. The van der Waals surface area contributed by atoms with Crippen molar-refractivity contribution in [2.75, 3.05) is 7.11 Å². The minimum Gasteiger partial charge on any atom is -0.497 e. The lowest BCUT2D eigenvalue weighted by Crippen LogP contribution is -2.31. The number of hydrogen-bond donors (Lipinski definition) is 0. The molecule has 0 N–H and O–H groups in total. The highest BCUT2D eigenvalue weighted by Crippen LogP contribution is 2.26. The number of amides is 1. The first-order valence-electron chi connectivity index (χ1n) is 9.89. The molecule has 5 heteroatoms. The fraction of sp³-hybridized carbons (Fsp3) is 0.200. The Morgan fingerprint density at radius 2 is 1.93 bits per heavy atom. The molecule has 2 heterocycles. The molecule has 2 aromatic heterocycles. The summed E-state index contributed by atoms with van der Waals surface area (Å²) in [6.07, 6.45) is 5.48. The summed E-state index contributed by atoms with van der Waals surface area (Å²) in [5.74, 6) is 0.771. The first kappa shape index (κ1) is 19.7. The second-order valence-corrected chi connectivity index (χ2v) is 7.34. The van der Waals surface area contributed by atoms with Gasteiger partial charge >= 0.3 is 0 Å². The Morgan fingerprint density at radius 3 is 2.70 bits per heavy atom. The Bertz CT molecular complexity index is 1150. The van der Waals surface area contributed by atoms with E-state index in [-0.39, 0.29) is 12.3 Å². The number of nitrogens with zero attached hydrogens (tertiary/aromatic N) is 2. The molecule has 1 amide bonds. The monoisotopic (exact) mass is 400 g/mol. The minimum absolute atomic E-state index is 0.0422. The first-order chi connectivity index (χ1) is 14.6. The Hall–Kier alpha value is -3.60. The quantitative estimate of drug-likeness (QED) is 0.442. The second-order valence-electron chi connectivity index (χ2n) is 7.34. The van der Waals surface area contributed by atoms with E-state index in [1.165, 1.54) is 5.56 Å². The molecule has 0 spiro atoms. The molecule has 0 atom stereocenters. The smallest absolute Gasteiger partial charge is 0.227 e. The van der Waals surface area contributed by atoms with Gasteiger partial charge in [0.25, 0.3) is 0 Å². The molecule has 0 unspecified atom stereocenters. The Labute approximate surface area is 175 Å². The fourth-order valence-corrected chi connectivity index (χ4v) is 3.54. The summed E-state index contributed by atoms with van der Waals surface area (Å²) in [5.41, 5.74) is 4.90. The maximum Gasteiger partial charge on any atom is 0.227 e. The average molecular weight is 400 g/mol. The van der Waals surface area contributed by atoms with Gasteiger partial charge in [-0.05, 0) is 41.8 Å². The van der Waals surface area contributed by atoms with Crippen molar-refractivity contribution in [2.24, 2.45) is 0 Å². The zero-order valence-corrected chi connectivity index (χ0v) is 17.2. The van der Waals surface area contributed by atoms with Gasteiger partial charge in [-0.15, -0.1) is 0 Å². The molecule has 0 aliphatic heterocycles. The number of benzene rings is 2. The number of furan rings is 1. The SMILES string of the molecule is COc1ccc2c(CC(=O)N(Cc3cccnc3)Cc3ccccc3C)coc2c1. The number of pyridine rings is 1. The Balaban J connectivity index is 1.59. The van der Waals surface area contributed by atoms with Crippen molar-refractivity contribution in [1.82, 2.24) is 9.88 Å². The number of aryl methyl sites for hydroxylation is 1. The average Bonchev–Trinajstić information content (AvgIpc) is 3.17. The lowest BCUT2D eigenvalue weighted by atomic mass is 10.1. The van der Waals surface area contributed by atoms with Crippen molar-refractivity contribution >= 4 is 16.9 Å². The van der Waals surface area contributed by atoms with Gasteiger partial charge in [0.2, 0.25) is 5.91 Å². The molecule has 5 nitrogen and oxygen atoms in total. The molecule has 4 rings (SSSR count). The van der Waals surface area contributed by atoms with E-state index in [4.69, 9.17) is 9.15 Å². The molecular formula is C25H24N2O3. The molecule has 30 heavy (non-hydrogen) atoms. The molecular weight excluding hydrogens is 376 g/mol. The van der Waals surface area contributed by atoms with Gasteiger partial charge in [0, 0.05) is 42.5 Å². The van der Waals surface area contributed by atoms with Crippen LogP contribution in [0.25, 0.3) is 11.0 Å². The molecule has 0 aliphatic rings. The molecule has 4 aromatic rings. The van der Waals surface area contributed by atoms with Gasteiger partial charge in [-0.25, -0.2) is 0 Å². The van der Waals surface area contributed by atoms with Gasteiger partial charge in [-0.2, -0.15) is 0 Å². The van der Waals surface area contributed by atoms with Gasteiger partial charge in [0.1, 0.15) is 11.3 Å². The summed E-state index contributed by atoms with van der Waals surface area (Å²) in [5, 5.41) is 0.932. The van der Waals surface area contributed by atoms with Crippen molar-refractivity contribution in [2.45, 2.75) is 26.4 Å². The molecule has 0 bridgehead atoms. The maximum absolute atomic E-state index is 13.3. The van der Waals surface area contributed by atoms with Crippen LogP contribution in [0.3, 0.4) is 0 Å². The molecule has 0 fully saturated rings. The fourth-order valence-electron chi connectivity index (χ4n) is 3.54. The largest absolute Gasteiger partial charge is 0.497 e. The zero-order chi connectivity index (χ0) is 20.9. The van der Waals surface area contributed by atoms with Gasteiger partial charge in [0.05, 0.1) is 19.8 Å². The van der Waals surface area contributed by atoms with Crippen LogP contribution in [0, 0.1) is 6.92 Å². The van der Waals surface area contributed by atoms with E-state index in [0.29, 0.717) is 13.1 Å². The van der Waals surface area contributed by atoms with E-state index >= 15 is 0 Å². The van der Waals surface area contributed by atoms with Crippen LogP contribution in [0.4, 0.5) is 0 Å². The molecule has 152 valence electrons. The number of rotatable bonds is 7. The first-order valence-corrected chi connectivity index (χ1v) is 9.89. The number of methoxy groups -OCH3 is 1. The number of fused-ring (bicyclic) bond motifs is 1. The molecule has 2 aromatic carbocycles. The third-order valence-electron chi connectivity index (χ3n) is 5.28. The van der Waals surface area contributed by atoms with Crippen molar-refractivity contribution in [3.63, 3.8) is 0 Å². The maximum atomic E-state index is 13.3. The highest BCUT2D eigenvalue weighted by molar-refractivity contribution is 5.88. The van der Waals surface area contributed by atoms with Crippen LogP contribution in [0.1, 0.15) is 22.3 Å². The third kappa shape index (κ3) is 4.35. The number of ether oxygens (including phenoxy) is 1.